The highest BCUT2D eigenvalue weighted by atomic mass is 16.5. The number of hydrogen-bond acceptors (Lipinski definition) is 6. The molecule has 0 aliphatic carbocycles. The van der Waals surface area contributed by atoms with E-state index in [2.05, 4.69) is 15.0 Å². The van der Waals surface area contributed by atoms with Crippen LogP contribution >= 0.6 is 0 Å². The van der Waals surface area contributed by atoms with E-state index in [4.69, 9.17) is 9.47 Å². The Labute approximate surface area is 204 Å². The molecular weight excluding hydrogens is 446 g/mol. The topological polar surface area (TPSA) is 92.7 Å². The number of aromatic nitrogens is 3. The van der Waals surface area contributed by atoms with E-state index in [1.54, 1.807) is 6.20 Å². The Morgan fingerprint density at radius 3 is 2.40 bits per heavy atom. The number of hydrogen-bond donors (Lipinski definition) is 1. The number of morpholine rings is 1. The van der Waals surface area contributed by atoms with Gasteiger partial charge in [-0.05, 0) is 50.3 Å². The van der Waals surface area contributed by atoms with E-state index in [1.165, 1.54) is 0 Å². The third-order valence-corrected chi connectivity index (χ3v) is 7.99. The number of likely N-dealkylation sites (tertiary alicyclic amines) is 1. The number of fused-ring (bicyclic) bond motifs is 3. The molecule has 0 saturated carbocycles. The van der Waals surface area contributed by atoms with Gasteiger partial charge in [-0.1, -0.05) is 0 Å². The Hall–Kier alpha value is -2.75. The molecule has 0 spiro atoms. The number of aryl methyl sites for hydroxylation is 1. The number of carbonyl (C=O) groups excluding carboxylic acids is 1. The van der Waals surface area contributed by atoms with Gasteiger partial charge < -0.3 is 19.4 Å². The zero-order valence-electron chi connectivity index (χ0n) is 20.3. The number of ether oxygens (including phenoxy) is 2. The Morgan fingerprint density at radius 1 is 0.943 bits per heavy atom. The second kappa shape index (κ2) is 9.37. The molecule has 0 atom stereocenters. The number of carbonyl (C=O) groups is 1. The minimum absolute atomic E-state index is 0.0707. The largest absolute Gasteiger partial charge is 0.381 e. The smallest absolute Gasteiger partial charge is 0.259 e. The van der Waals surface area contributed by atoms with Gasteiger partial charge in [0, 0.05) is 56.4 Å². The SMILES string of the molecule is Cc1cc2[nH]c(=O)c3cnn(C4CCOCC4)c3c2cc1C(=O)N1CCC(N2CCOCC2)CC1. The quantitative estimate of drug-likeness (QED) is 0.621. The van der Waals surface area contributed by atoms with Gasteiger partial charge in [-0.15, -0.1) is 0 Å². The van der Waals surface area contributed by atoms with E-state index in [0.717, 1.165) is 87.1 Å². The van der Waals surface area contributed by atoms with Crippen molar-refractivity contribution in [1.29, 1.82) is 0 Å². The second-order valence-electron chi connectivity index (χ2n) is 10.0. The molecule has 6 rings (SSSR count). The Balaban J connectivity index is 1.32. The van der Waals surface area contributed by atoms with Gasteiger partial charge in [-0.3, -0.25) is 19.2 Å². The lowest BCUT2D eigenvalue weighted by molar-refractivity contribution is 0.00158. The molecule has 35 heavy (non-hydrogen) atoms. The van der Waals surface area contributed by atoms with E-state index in [9.17, 15) is 9.59 Å². The zero-order chi connectivity index (χ0) is 23.9. The maximum atomic E-state index is 13.7. The monoisotopic (exact) mass is 479 g/mol. The molecule has 9 heteroatoms. The van der Waals surface area contributed by atoms with Crippen molar-refractivity contribution in [3.8, 4) is 0 Å². The van der Waals surface area contributed by atoms with E-state index in [-0.39, 0.29) is 17.5 Å². The fraction of sp³-hybridized carbons (Fsp3) is 0.577. The first-order chi connectivity index (χ1) is 17.1. The van der Waals surface area contributed by atoms with Crippen LogP contribution in [0.3, 0.4) is 0 Å². The molecule has 0 radical (unpaired) electrons. The molecule has 5 heterocycles. The van der Waals surface area contributed by atoms with Crippen LogP contribution in [0.15, 0.2) is 23.1 Å². The molecule has 1 N–H and O–H groups in total. The molecule has 1 amide bonds. The van der Waals surface area contributed by atoms with Gasteiger partial charge in [0.05, 0.1) is 41.9 Å². The minimum atomic E-state index is -0.144. The summed E-state index contributed by atoms with van der Waals surface area (Å²) in [6, 6.07) is 4.62. The third-order valence-electron chi connectivity index (χ3n) is 7.99. The number of rotatable bonds is 3. The lowest BCUT2D eigenvalue weighted by Gasteiger charge is -2.40. The minimum Gasteiger partial charge on any atom is -0.381 e. The first-order valence-corrected chi connectivity index (χ1v) is 12.8. The van der Waals surface area contributed by atoms with Crippen LogP contribution in [-0.2, 0) is 9.47 Å². The Morgan fingerprint density at radius 2 is 1.66 bits per heavy atom. The summed E-state index contributed by atoms with van der Waals surface area (Å²) in [6.45, 7) is 8.43. The van der Waals surface area contributed by atoms with E-state index in [0.29, 0.717) is 30.2 Å². The van der Waals surface area contributed by atoms with Gasteiger partial charge in [-0.25, -0.2) is 0 Å². The van der Waals surface area contributed by atoms with Crippen molar-refractivity contribution in [2.24, 2.45) is 0 Å². The van der Waals surface area contributed by atoms with Gasteiger partial charge in [0.25, 0.3) is 11.5 Å². The number of piperidine rings is 1. The highest BCUT2D eigenvalue weighted by Gasteiger charge is 2.29. The molecule has 3 aliphatic heterocycles. The summed E-state index contributed by atoms with van der Waals surface area (Å²) < 4.78 is 13.0. The maximum absolute atomic E-state index is 13.7. The molecule has 186 valence electrons. The number of nitrogens with zero attached hydrogens (tertiary/aromatic N) is 4. The molecule has 2 aromatic heterocycles. The van der Waals surface area contributed by atoms with Crippen LogP contribution in [-0.4, -0.2) is 89.1 Å². The van der Waals surface area contributed by atoms with Crippen molar-refractivity contribution in [2.45, 2.75) is 44.7 Å². The molecule has 9 nitrogen and oxygen atoms in total. The van der Waals surface area contributed by atoms with Crippen molar-refractivity contribution < 1.29 is 14.3 Å². The van der Waals surface area contributed by atoms with Gasteiger partial charge in [0.2, 0.25) is 0 Å². The predicted molar refractivity (Wildman–Crippen MR) is 133 cm³/mol. The van der Waals surface area contributed by atoms with E-state index >= 15 is 0 Å². The highest BCUT2D eigenvalue weighted by molar-refractivity contribution is 6.07. The van der Waals surface area contributed by atoms with Crippen LogP contribution in [0.25, 0.3) is 21.8 Å². The summed E-state index contributed by atoms with van der Waals surface area (Å²) in [5.41, 5.74) is 3.00. The predicted octanol–water partition coefficient (Wildman–Crippen LogP) is 2.47. The van der Waals surface area contributed by atoms with Gasteiger partial charge in [0.15, 0.2) is 0 Å². The first kappa shape index (κ1) is 22.7. The van der Waals surface area contributed by atoms with E-state index < -0.39 is 0 Å². The first-order valence-electron chi connectivity index (χ1n) is 12.8. The number of nitrogens with one attached hydrogen (secondary N) is 1. The molecule has 3 aromatic rings. The zero-order valence-corrected chi connectivity index (χ0v) is 20.3. The Bertz CT molecular complexity index is 1290. The van der Waals surface area contributed by atoms with Crippen LogP contribution in [0.5, 0.6) is 0 Å². The van der Waals surface area contributed by atoms with Crippen LogP contribution in [0, 0.1) is 6.92 Å². The van der Waals surface area contributed by atoms with Crippen molar-refractivity contribution in [3.63, 3.8) is 0 Å². The number of benzene rings is 1. The molecule has 3 fully saturated rings. The lowest BCUT2D eigenvalue weighted by atomic mass is 9.99. The summed E-state index contributed by atoms with van der Waals surface area (Å²) >= 11 is 0. The molecule has 0 bridgehead atoms. The number of aromatic amines is 1. The summed E-state index contributed by atoms with van der Waals surface area (Å²) in [5, 5.41) is 6.04. The summed E-state index contributed by atoms with van der Waals surface area (Å²) in [7, 11) is 0. The fourth-order valence-electron chi connectivity index (χ4n) is 5.98. The molecule has 1 aromatic carbocycles. The maximum Gasteiger partial charge on any atom is 0.259 e. The molecule has 3 aliphatic rings. The van der Waals surface area contributed by atoms with Crippen molar-refractivity contribution in [3.05, 3.63) is 39.8 Å². The lowest BCUT2D eigenvalue weighted by Crippen LogP contribution is -2.50. The van der Waals surface area contributed by atoms with Crippen LogP contribution in [0.4, 0.5) is 0 Å². The Kier molecular flexibility index (Phi) is 6.07. The highest BCUT2D eigenvalue weighted by Crippen LogP contribution is 2.30. The normalized spacial score (nSPS) is 21.2. The number of pyridine rings is 1. The average Bonchev–Trinajstić information content (AvgIpc) is 3.35. The molecule has 3 saturated heterocycles. The van der Waals surface area contributed by atoms with Crippen LogP contribution < -0.4 is 5.56 Å². The standard InChI is InChI=1S/C26H33N5O4/c1-17-14-23-21(24-22(25(32)28-23)16-27-31(24)19-4-10-34-11-5-19)15-20(17)26(33)30-6-2-18(3-7-30)29-8-12-35-13-9-29/h14-16,18-19H,2-13H2,1H3,(H,28,32). The molecule has 0 unspecified atom stereocenters. The third kappa shape index (κ3) is 4.15. The van der Waals surface area contributed by atoms with Gasteiger partial charge in [0.1, 0.15) is 0 Å². The summed E-state index contributed by atoms with van der Waals surface area (Å²) in [5.74, 6) is 0.0707. The summed E-state index contributed by atoms with van der Waals surface area (Å²) in [4.78, 5) is 34.0. The van der Waals surface area contributed by atoms with E-state index in [1.807, 2.05) is 28.6 Å². The average molecular weight is 480 g/mol. The van der Waals surface area contributed by atoms with Crippen molar-refractivity contribution in [1.82, 2.24) is 24.6 Å². The van der Waals surface area contributed by atoms with Crippen molar-refractivity contribution >= 4 is 27.7 Å². The number of amides is 1. The van der Waals surface area contributed by atoms with Gasteiger partial charge in [-0.2, -0.15) is 5.10 Å². The fourth-order valence-corrected chi connectivity index (χ4v) is 5.98. The van der Waals surface area contributed by atoms with Crippen LogP contribution in [0.2, 0.25) is 0 Å². The van der Waals surface area contributed by atoms with Crippen molar-refractivity contribution in [2.75, 3.05) is 52.6 Å². The van der Waals surface area contributed by atoms with Crippen LogP contribution in [0.1, 0.15) is 47.6 Å². The molecular formula is C26H33N5O4. The summed E-state index contributed by atoms with van der Waals surface area (Å²) in [6.07, 6.45) is 5.36. The second-order valence-corrected chi connectivity index (χ2v) is 10.0. The van der Waals surface area contributed by atoms with Gasteiger partial charge >= 0.3 is 0 Å². The number of H-pyrrole nitrogens is 1.